The topological polar surface area (TPSA) is 29.1 Å². The van der Waals surface area contributed by atoms with Crippen LogP contribution in [0, 0.1) is 0 Å². The Hall–Kier alpha value is -0.880. The second-order valence-electron chi connectivity index (χ2n) is 3.31. The molecule has 0 saturated heterocycles. The Morgan fingerprint density at radius 2 is 2.06 bits per heavy atom. The van der Waals surface area contributed by atoms with Crippen LogP contribution in [0.1, 0.15) is 22.8 Å². The first-order valence-corrected chi connectivity index (χ1v) is 5.47. The molecule has 0 spiro atoms. The Labute approximate surface area is 107 Å². The molecule has 0 saturated carbocycles. The molecule has 1 unspecified atom stereocenters. The quantitative estimate of drug-likeness (QED) is 0.632. The number of amides is 1. The smallest absolute Gasteiger partial charge is 0.341 e. The van der Waals surface area contributed by atoms with Crippen molar-refractivity contribution in [3.8, 4) is 0 Å². The van der Waals surface area contributed by atoms with E-state index in [1.165, 1.54) is 13.0 Å². The maximum Gasteiger partial charge on any atom is 0.417 e. The van der Waals surface area contributed by atoms with Crippen LogP contribution < -0.4 is 5.32 Å². The maximum absolute atomic E-state index is 12.7. The van der Waals surface area contributed by atoms with Crippen molar-refractivity contribution in [1.82, 2.24) is 5.32 Å². The summed E-state index contributed by atoms with van der Waals surface area (Å²) in [5.74, 6) is -0.898. The summed E-state index contributed by atoms with van der Waals surface area (Å²) in [7, 11) is 0. The predicted octanol–water partition coefficient (Wildman–Crippen LogP) is 3.36. The highest BCUT2D eigenvalue weighted by molar-refractivity contribution is 7.80. The summed E-state index contributed by atoms with van der Waals surface area (Å²) in [5.41, 5.74) is -1.64. The SMILES string of the molecule is CC(S)NC(=O)c1c(Cl)cccc1C(F)(F)F. The first-order chi connectivity index (χ1) is 7.73. The lowest BCUT2D eigenvalue weighted by Gasteiger charge is -2.15. The summed E-state index contributed by atoms with van der Waals surface area (Å²) in [6.45, 7) is 1.52. The minimum Gasteiger partial charge on any atom is -0.341 e. The number of halogens is 4. The van der Waals surface area contributed by atoms with Crippen molar-refractivity contribution in [2.75, 3.05) is 0 Å². The van der Waals surface area contributed by atoms with Crippen LogP contribution in [0.5, 0.6) is 0 Å². The number of benzene rings is 1. The van der Waals surface area contributed by atoms with Gasteiger partial charge in [0, 0.05) is 0 Å². The third kappa shape index (κ3) is 3.54. The van der Waals surface area contributed by atoms with E-state index < -0.39 is 28.6 Å². The van der Waals surface area contributed by atoms with Crippen LogP contribution in [0.4, 0.5) is 13.2 Å². The zero-order valence-electron chi connectivity index (χ0n) is 8.68. The summed E-state index contributed by atoms with van der Waals surface area (Å²) >= 11 is 9.50. The molecule has 1 amide bonds. The first kappa shape index (κ1) is 14.2. The Morgan fingerprint density at radius 3 is 2.53 bits per heavy atom. The third-order valence-electron chi connectivity index (χ3n) is 1.89. The fraction of sp³-hybridized carbons (Fsp3) is 0.300. The van der Waals surface area contributed by atoms with Crippen LogP contribution in [0.2, 0.25) is 5.02 Å². The van der Waals surface area contributed by atoms with E-state index in [9.17, 15) is 18.0 Å². The van der Waals surface area contributed by atoms with Gasteiger partial charge in [0.2, 0.25) is 0 Å². The van der Waals surface area contributed by atoms with E-state index in [4.69, 9.17) is 11.6 Å². The van der Waals surface area contributed by atoms with Gasteiger partial charge >= 0.3 is 6.18 Å². The maximum atomic E-state index is 12.7. The number of alkyl halides is 3. The van der Waals surface area contributed by atoms with Crippen LogP contribution in [0.15, 0.2) is 18.2 Å². The molecule has 1 rings (SSSR count). The van der Waals surface area contributed by atoms with Gasteiger partial charge in [0.05, 0.1) is 21.5 Å². The van der Waals surface area contributed by atoms with Gasteiger partial charge in [-0.2, -0.15) is 25.8 Å². The summed E-state index contributed by atoms with van der Waals surface area (Å²) in [6.07, 6.45) is -4.63. The normalized spacial score (nSPS) is 13.3. The van der Waals surface area contributed by atoms with E-state index in [1.807, 2.05) is 0 Å². The van der Waals surface area contributed by atoms with Crippen molar-refractivity contribution < 1.29 is 18.0 Å². The van der Waals surface area contributed by atoms with Gasteiger partial charge in [-0.05, 0) is 19.1 Å². The third-order valence-corrected chi connectivity index (χ3v) is 2.33. The van der Waals surface area contributed by atoms with Crippen LogP contribution in [-0.4, -0.2) is 11.3 Å². The molecule has 0 radical (unpaired) electrons. The van der Waals surface area contributed by atoms with Crippen LogP contribution in [0.25, 0.3) is 0 Å². The summed E-state index contributed by atoms with van der Waals surface area (Å²) in [5, 5.41) is 1.44. The number of carbonyl (C=O) groups is 1. The molecule has 94 valence electrons. The summed E-state index contributed by atoms with van der Waals surface area (Å²) in [4.78, 5) is 11.6. The molecule has 0 heterocycles. The highest BCUT2D eigenvalue weighted by atomic mass is 35.5. The van der Waals surface area contributed by atoms with E-state index in [0.29, 0.717) is 0 Å². The van der Waals surface area contributed by atoms with E-state index in [-0.39, 0.29) is 5.02 Å². The second kappa shape index (κ2) is 5.18. The molecule has 0 aliphatic rings. The van der Waals surface area contributed by atoms with Crippen molar-refractivity contribution in [2.24, 2.45) is 0 Å². The largest absolute Gasteiger partial charge is 0.417 e. The molecule has 0 aromatic heterocycles. The molecule has 17 heavy (non-hydrogen) atoms. The average Bonchev–Trinajstić information content (AvgIpc) is 2.14. The molecule has 0 aliphatic heterocycles. The number of carbonyl (C=O) groups excluding carboxylic acids is 1. The van der Waals surface area contributed by atoms with Gasteiger partial charge in [0.15, 0.2) is 0 Å². The summed E-state index contributed by atoms with van der Waals surface area (Å²) < 4.78 is 38.0. The van der Waals surface area contributed by atoms with Gasteiger partial charge in [0.25, 0.3) is 5.91 Å². The summed E-state index contributed by atoms with van der Waals surface area (Å²) in [6, 6.07) is 3.19. The fourth-order valence-corrected chi connectivity index (χ4v) is 1.63. The number of hydrogen-bond acceptors (Lipinski definition) is 2. The minimum atomic E-state index is -4.63. The molecule has 1 atom stereocenters. The lowest BCUT2D eigenvalue weighted by atomic mass is 10.1. The van der Waals surface area contributed by atoms with Gasteiger partial charge in [-0.1, -0.05) is 17.7 Å². The molecule has 0 aliphatic carbocycles. The highest BCUT2D eigenvalue weighted by Gasteiger charge is 2.36. The first-order valence-electron chi connectivity index (χ1n) is 4.58. The van der Waals surface area contributed by atoms with Gasteiger partial charge in [0.1, 0.15) is 0 Å². The molecule has 0 fully saturated rings. The van der Waals surface area contributed by atoms with Crippen LogP contribution in [0.3, 0.4) is 0 Å². The Balaban J connectivity index is 3.26. The van der Waals surface area contributed by atoms with Crippen molar-refractivity contribution >= 4 is 30.1 Å². The van der Waals surface area contributed by atoms with Gasteiger partial charge < -0.3 is 5.32 Å². The molecule has 0 bridgehead atoms. The monoisotopic (exact) mass is 283 g/mol. The fourth-order valence-electron chi connectivity index (χ4n) is 1.25. The van der Waals surface area contributed by atoms with Gasteiger partial charge in [-0.25, -0.2) is 0 Å². The molecule has 2 nitrogen and oxygen atoms in total. The molecule has 1 aromatic carbocycles. The number of thiol groups is 1. The van der Waals surface area contributed by atoms with E-state index in [0.717, 1.165) is 12.1 Å². The highest BCUT2D eigenvalue weighted by Crippen LogP contribution is 2.34. The second-order valence-corrected chi connectivity index (χ2v) is 4.49. The Bertz CT molecular complexity index is 434. The van der Waals surface area contributed by atoms with Crippen LogP contribution >= 0.6 is 24.2 Å². The number of rotatable bonds is 2. The minimum absolute atomic E-state index is 0.244. The zero-order valence-corrected chi connectivity index (χ0v) is 10.3. The van der Waals surface area contributed by atoms with Gasteiger partial charge in [-0.3, -0.25) is 4.79 Å². The lowest BCUT2D eigenvalue weighted by molar-refractivity contribution is -0.137. The molecule has 7 heteroatoms. The zero-order chi connectivity index (χ0) is 13.2. The Kier molecular flexibility index (Phi) is 4.32. The number of hydrogen-bond donors (Lipinski definition) is 2. The van der Waals surface area contributed by atoms with Crippen LogP contribution in [-0.2, 0) is 6.18 Å². The molecular formula is C10H9ClF3NOS. The lowest BCUT2D eigenvalue weighted by Crippen LogP contribution is -2.30. The van der Waals surface area contributed by atoms with E-state index >= 15 is 0 Å². The van der Waals surface area contributed by atoms with E-state index in [2.05, 4.69) is 17.9 Å². The predicted molar refractivity (Wildman–Crippen MR) is 62.4 cm³/mol. The van der Waals surface area contributed by atoms with Crippen molar-refractivity contribution in [3.05, 3.63) is 34.3 Å². The van der Waals surface area contributed by atoms with Crippen molar-refractivity contribution in [1.29, 1.82) is 0 Å². The Morgan fingerprint density at radius 1 is 1.47 bits per heavy atom. The molecule has 1 aromatic rings. The molecule has 1 N–H and O–H groups in total. The number of nitrogens with one attached hydrogen (secondary N) is 1. The van der Waals surface area contributed by atoms with Crippen molar-refractivity contribution in [2.45, 2.75) is 18.5 Å². The van der Waals surface area contributed by atoms with E-state index in [1.54, 1.807) is 0 Å². The average molecular weight is 284 g/mol. The van der Waals surface area contributed by atoms with Gasteiger partial charge in [-0.15, -0.1) is 0 Å². The molecular weight excluding hydrogens is 275 g/mol. The van der Waals surface area contributed by atoms with Crippen molar-refractivity contribution in [3.63, 3.8) is 0 Å². The standard InChI is InChI=1S/C10H9ClF3NOS/c1-5(17)15-9(16)8-6(10(12,13)14)3-2-4-7(8)11/h2-5,17H,1H3,(H,15,16).